The maximum absolute atomic E-state index is 13.7. The number of amides is 1. The minimum Gasteiger partial charge on any atom is -0.363 e. The van der Waals surface area contributed by atoms with Gasteiger partial charge in [-0.3, -0.25) is 4.79 Å². The quantitative estimate of drug-likeness (QED) is 0.599. The number of hydrogen-bond acceptors (Lipinski definition) is 4. The van der Waals surface area contributed by atoms with E-state index in [0.29, 0.717) is 5.56 Å². The van der Waals surface area contributed by atoms with E-state index in [-0.39, 0.29) is 24.5 Å². The molecule has 2 unspecified atom stereocenters. The van der Waals surface area contributed by atoms with Gasteiger partial charge in [0, 0.05) is 17.4 Å². The van der Waals surface area contributed by atoms with Crippen LogP contribution >= 0.6 is 11.3 Å². The summed E-state index contributed by atoms with van der Waals surface area (Å²) in [5, 5.41) is 11.4. The first kappa shape index (κ1) is 19.4. The molecule has 0 saturated carbocycles. The molecule has 1 aromatic carbocycles. The molecule has 0 spiro atoms. The molecule has 10 heteroatoms. The molecule has 29 heavy (non-hydrogen) atoms. The molecule has 2 aromatic heterocycles. The number of rotatable bonds is 4. The third kappa shape index (κ3) is 4.12. The van der Waals surface area contributed by atoms with Gasteiger partial charge in [0.15, 0.2) is 11.7 Å². The largest absolute Gasteiger partial charge is 0.410 e. The normalized spacial score (nSPS) is 18.8. The van der Waals surface area contributed by atoms with Crippen LogP contribution in [0.2, 0.25) is 0 Å². The lowest BCUT2D eigenvalue weighted by Gasteiger charge is -2.33. The summed E-state index contributed by atoms with van der Waals surface area (Å²) in [6, 6.07) is 7.71. The van der Waals surface area contributed by atoms with Crippen molar-refractivity contribution in [1.29, 1.82) is 0 Å². The van der Waals surface area contributed by atoms with Crippen molar-refractivity contribution in [2.75, 3.05) is 5.32 Å². The molecule has 1 amide bonds. The molecule has 2 atom stereocenters. The molecule has 0 radical (unpaired) electrons. The van der Waals surface area contributed by atoms with E-state index in [1.165, 1.54) is 41.7 Å². The molecular weight excluding hydrogens is 408 g/mol. The van der Waals surface area contributed by atoms with Crippen molar-refractivity contribution < 1.29 is 22.4 Å². The molecule has 0 saturated heterocycles. The highest BCUT2D eigenvalue weighted by atomic mass is 32.1. The van der Waals surface area contributed by atoms with Crippen LogP contribution in [0.4, 0.5) is 23.4 Å². The van der Waals surface area contributed by atoms with E-state index in [1.807, 2.05) is 17.5 Å². The maximum atomic E-state index is 13.7. The number of fused-ring (bicyclic) bond motifs is 1. The number of hydrogen-bond donors (Lipinski definition) is 2. The predicted molar refractivity (Wildman–Crippen MR) is 100 cm³/mol. The van der Waals surface area contributed by atoms with Gasteiger partial charge in [0.05, 0.1) is 12.6 Å². The number of carbonyl (C=O) groups excluding carboxylic acids is 1. The van der Waals surface area contributed by atoms with Crippen molar-refractivity contribution in [2.24, 2.45) is 0 Å². The van der Waals surface area contributed by atoms with Crippen LogP contribution in [-0.4, -0.2) is 21.9 Å². The van der Waals surface area contributed by atoms with E-state index < -0.39 is 30.0 Å². The van der Waals surface area contributed by atoms with Crippen LogP contribution in [0.15, 0.2) is 47.8 Å². The van der Waals surface area contributed by atoms with Crippen molar-refractivity contribution in [3.8, 4) is 0 Å². The third-order valence-electron chi connectivity index (χ3n) is 4.70. The van der Waals surface area contributed by atoms with Crippen molar-refractivity contribution in [3.63, 3.8) is 0 Å². The number of alkyl halides is 3. The Morgan fingerprint density at radius 1 is 1.28 bits per heavy atom. The average Bonchev–Trinajstić information content (AvgIpc) is 3.34. The summed E-state index contributed by atoms with van der Waals surface area (Å²) < 4.78 is 55.0. The number of aromatic nitrogens is 2. The van der Waals surface area contributed by atoms with E-state index in [1.54, 1.807) is 0 Å². The van der Waals surface area contributed by atoms with E-state index in [4.69, 9.17) is 0 Å². The lowest BCUT2D eigenvalue weighted by Crippen LogP contribution is -2.35. The molecule has 3 aromatic rings. The molecule has 2 N–H and O–H groups in total. The SMILES string of the molecule is O=C(NCc1cccs1)c1cc2n(n1)C(C(F)(F)F)CC(c1ccc(F)cc1)N2. The molecule has 3 heterocycles. The Morgan fingerprint density at radius 3 is 2.69 bits per heavy atom. The summed E-state index contributed by atoms with van der Waals surface area (Å²) in [6.07, 6.45) is -4.87. The summed E-state index contributed by atoms with van der Waals surface area (Å²) in [7, 11) is 0. The molecule has 0 bridgehead atoms. The Balaban J connectivity index is 1.59. The van der Waals surface area contributed by atoms with Gasteiger partial charge in [-0.05, 0) is 29.1 Å². The third-order valence-corrected chi connectivity index (χ3v) is 5.57. The van der Waals surface area contributed by atoms with Crippen molar-refractivity contribution in [3.05, 3.63) is 69.8 Å². The number of nitrogens with zero attached hydrogens (tertiary/aromatic N) is 2. The van der Waals surface area contributed by atoms with Crippen molar-refractivity contribution >= 4 is 23.1 Å². The van der Waals surface area contributed by atoms with Gasteiger partial charge in [0.2, 0.25) is 0 Å². The Hall–Kier alpha value is -2.88. The fourth-order valence-corrected chi connectivity index (χ4v) is 3.91. The Bertz CT molecular complexity index is 998. The van der Waals surface area contributed by atoms with Crippen LogP contribution in [0.3, 0.4) is 0 Å². The first-order valence-corrected chi connectivity index (χ1v) is 9.68. The Morgan fingerprint density at radius 2 is 2.03 bits per heavy atom. The molecule has 0 aliphatic carbocycles. The van der Waals surface area contributed by atoms with Crippen LogP contribution in [0.25, 0.3) is 0 Å². The van der Waals surface area contributed by atoms with Crippen molar-refractivity contribution in [1.82, 2.24) is 15.1 Å². The summed E-state index contributed by atoms with van der Waals surface area (Å²) >= 11 is 1.46. The van der Waals surface area contributed by atoms with Gasteiger partial charge in [-0.2, -0.15) is 18.3 Å². The summed E-state index contributed by atoms with van der Waals surface area (Å²) in [4.78, 5) is 13.3. The number of nitrogens with one attached hydrogen (secondary N) is 2. The van der Waals surface area contributed by atoms with Crippen LogP contribution in [0.5, 0.6) is 0 Å². The zero-order valence-corrected chi connectivity index (χ0v) is 15.7. The molecule has 5 nitrogen and oxygen atoms in total. The van der Waals surface area contributed by atoms with Crippen LogP contribution in [0.1, 0.15) is 39.4 Å². The first-order chi connectivity index (χ1) is 13.8. The van der Waals surface area contributed by atoms with Gasteiger partial charge in [-0.25, -0.2) is 9.07 Å². The molecule has 1 aliphatic rings. The van der Waals surface area contributed by atoms with E-state index in [9.17, 15) is 22.4 Å². The second-order valence-corrected chi connectivity index (χ2v) is 7.70. The lowest BCUT2D eigenvalue weighted by molar-refractivity contribution is -0.173. The standard InChI is InChI=1S/C19H16F4N4OS/c20-12-5-3-11(4-6-12)14-8-16(19(21,22)23)27-17(25-14)9-15(26-27)18(28)24-10-13-2-1-7-29-13/h1-7,9,14,16,25H,8,10H2,(H,24,28). The Labute approximate surface area is 167 Å². The molecule has 0 fully saturated rings. The zero-order chi connectivity index (χ0) is 20.6. The van der Waals surface area contributed by atoms with Crippen LogP contribution < -0.4 is 10.6 Å². The minimum atomic E-state index is -4.55. The summed E-state index contributed by atoms with van der Waals surface area (Å²) in [5.74, 6) is -0.929. The molecule has 4 rings (SSSR count). The topological polar surface area (TPSA) is 59.0 Å². The highest BCUT2D eigenvalue weighted by Crippen LogP contribution is 2.43. The summed E-state index contributed by atoms with van der Waals surface area (Å²) in [6.45, 7) is 0.271. The lowest BCUT2D eigenvalue weighted by atomic mass is 9.97. The van der Waals surface area contributed by atoms with E-state index >= 15 is 0 Å². The first-order valence-electron chi connectivity index (χ1n) is 8.80. The van der Waals surface area contributed by atoms with E-state index in [0.717, 1.165) is 9.56 Å². The molecular formula is C19H16F4N4OS. The fraction of sp³-hybridized carbons (Fsp3) is 0.263. The van der Waals surface area contributed by atoms with E-state index in [2.05, 4.69) is 15.7 Å². The summed E-state index contributed by atoms with van der Waals surface area (Å²) in [5.41, 5.74) is 0.426. The number of thiophene rings is 1. The van der Waals surface area contributed by atoms with Gasteiger partial charge < -0.3 is 10.6 Å². The van der Waals surface area contributed by atoms with Gasteiger partial charge in [-0.15, -0.1) is 11.3 Å². The van der Waals surface area contributed by atoms with Crippen LogP contribution in [-0.2, 0) is 6.54 Å². The second-order valence-electron chi connectivity index (χ2n) is 6.66. The number of benzene rings is 1. The predicted octanol–water partition coefficient (Wildman–Crippen LogP) is 4.67. The Kier molecular flexibility index (Phi) is 5.03. The number of anilines is 1. The highest BCUT2D eigenvalue weighted by Gasteiger charge is 2.46. The molecule has 152 valence electrons. The molecule has 1 aliphatic heterocycles. The van der Waals surface area contributed by atoms with Gasteiger partial charge >= 0.3 is 6.18 Å². The minimum absolute atomic E-state index is 0.0918. The number of carbonyl (C=O) groups is 1. The van der Waals surface area contributed by atoms with Gasteiger partial charge in [-0.1, -0.05) is 18.2 Å². The fourth-order valence-electron chi connectivity index (χ4n) is 3.27. The smallest absolute Gasteiger partial charge is 0.363 e. The van der Waals surface area contributed by atoms with Crippen molar-refractivity contribution in [2.45, 2.75) is 31.2 Å². The second kappa shape index (κ2) is 7.51. The average molecular weight is 424 g/mol. The van der Waals surface area contributed by atoms with Crippen LogP contribution in [0, 0.1) is 5.82 Å². The van der Waals surface area contributed by atoms with Gasteiger partial charge in [0.25, 0.3) is 5.91 Å². The monoisotopic (exact) mass is 424 g/mol. The zero-order valence-electron chi connectivity index (χ0n) is 14.9. The number of halogens is 4. The van der Waals surface area contributed by atoms with Gasteiger partial charge in [0.1, 0.15) is 11.6 Å². The highest BCUT2D eigenvalue weighted by molar-refractivity contribution is 7.09. The maximum Gasteiger partial charge on any atom is 0.410 e.